The lowest BCUT2D eigenvalue weighted by Gasteiger charge is -2.23. The van der Waals surface area contributed by atoms with Gasteiger partial charge in [-0.25, -0.2) is 13.8 Å². The maximum atomic E-state index is 14.9. The molecule has 0 aliphatic rings. The lowest BCUT2D eigenvalue weighted by Crippen LogP contribution is -2.46. The molecule has 0 saturated heterocycles. The Morgan fingerprint density at radius 2 is 1.82 bits per heavy atom. The molecule has 0 unspecified atom stereocenters. The van der Waals surface area contributed by atoms with Crippen molar-refractivity contribution < 1.29 is 23.8 Å². The third-order valence-electron chi connectivity index (χ3n) is 5.23. The van der Waals surface area contributed by atoms with Gasteiger partial charge in [0.15, 0.2) is 0 Å². The van der Waals surface area contributed by atoms with Gasteiger partial charge >= 0.3 is 0 Å². The second kappa shape index (κ2) is 10.6. The third kappa shape index (κ3) is 5.33. The Hall–Kier alpha value is -3.53. The van der Waals surface area contributed by atoms with Crippen LogP contribution in [-0.2, 0) is 6.42 Å². The molecule has 2 aromatic carbocycles. The van der Waals surface area contributed by atoms with Crippen molar-refractivity contribution in [3.8, 4) is 21.0 Å². The monoisotopic (exact) mass is 481 g/mol. The number of halogens is 2. The molecule has 0 fully saturated rings. The third-order valence-corrected chi connectivity index (χ3v) is 6.29. The van der Waals surface area contributed by atoms with Crippen molar-refractivity contribution in [2.45, 2.75) is 18.6 Å². The molecule has 9 heteroatoms. The Labute approximate surface area is 198 Å². The lowest BCUT2D eigenvalue weighted by atomic mass is 10.0. The van der Waals surface area contributed by atoms with E-state index < -0.39 is 30.5 Å². The number of nitrogens with one attached hydrogen (secondary N) is 1. The standard InChI is InChI=1S/C25H21F2N3O3S/c26-16-9-7-15(8-10-16)22-13-29-25(34-22)23-18(5-3-6-19(23)27)24(33)30-20(21(32)14-31)12-17-4-1-2-11-28-17/h1-11,13,20-21,31-32H,12,14H2,(H,30,33)/t20-,21-/m1/s1. The number of carbonyl (C=O) groups excluding carboxylic acids is 1. The molecule has 2 heterocycles. The van der Waals surface area contributed by atoms with Crippen molar-refractivity contribution in [1.29, 1.82) is 0 Å². The number of hydrogen-bond acceptors (Lipinski definition) is 6. The van der Waals surface area contributed by atoms with Crippen LogP contribution in [0.3, 0.4) is 0 Å². The lowest BCUT2D eigenvalue weighted by molar-refractivity contribution is 0.0565. The fourth-order valence-electron chi connectivity index (χ4n) is 3.47. The predicted octanol–water partition coefficient (Wildman–Crippen LogP) is 3.84. The number of pyridine rings is 1. The van der Waals surface area contributed by atoms with Gasteiger partial charge in [0.1, 0.15) is 16.6 Å². The van der Waals surface area contributed by atoms with Gasteiger partial charge < -0.3 is 15.5 Å². The minimum Gasteiger partial charge on any atom is -0.394 e. The molecule has 34 heavy (non-hydrogen) atoms. The summed E-state index contributed by atoms with van der Waals surface area (Å²) in [5.41, 5.74) is 1.39. The van der Waals surface area contributed by atoms with Crippen LogP contribution < -0.4 is 5.32 Å². The number of benzene rings is 2. The first-order chi connectivity index (χ1) is 16.5. The van der Waals surface area contributed by atoms with Gasteiger partial charge in [-0.3, -0.25) is 9.78 Å². The molecule has 0 aliphatic heterocycles. The number of hydrogen-bond donors (Lipinski definition) is 3. The average molecular weight is 482 g/mol. The summed E-state index contributed by atoms with van der Waals surface area (Å²) >= 11 is 1.17. The van der Waals surface area contributed by atoms with E-state index in [0.717, 1.165) is 0 Å². The summed E-state index contributed by atoms with van der Waals surface area (Å²) in [5.74, 6) is -1.62. The highest BCUT2D eigenvalue weighted by molar-refractivity contribution is 7.18. The van der Waals surface area contributed by atoms with Crippen molar-refractivity contribution in [2.75, 3.05) is 6.61 Å². The highest BCUT2D eigenvalue weighted by Crippen LogP contribution is 2.35. The molecule has 174 valence electrons. The molecule has 0 aliphatic carbocycles. The molecule has 0 spiro atoms. The molecule has 3 N–H and O–H groups in total. The fourth-order valence-corrected chi connectivity index (χ4v) is 4.45. The highest BCUT2D eigenvalue weighted by atomic mass is 32.1. The first kappa shape index (κ1) is 23.6. The van der Waals surface area contributed by atoms with E-state index in [0.29, 0.717) is 16.1 Å². The maximum absolute atomic E-state index is 14.9. The molecule has 4 rings (SSSR count). The van der Waals surface area contributed by atoms with Crippen LogP contribution in [0.15, 0.2) is 73.1 Å². The van der Waals surface area contributed by atoms with E-state index in [1.165, 1.54) is 41.7 Å². The van der Waals surface area contributed by atoms with Crippen molar-refractivity contribution in [3.63, 3.8) is 0 Å². The van der Waals surface area contributed by atoms with Crippen LogP contribution >= 0.6 is 11.3 Å². The van der Waals surface area contributed by atoms with Crippen molar-refractivity contribution in [2.24, 2.45) is 0 Å². The number of carbonyl (C=O) groups is 1. The summed E-state index contributed by atoms with van der Waals surface area (Å²) in [4.78, 5) is 22.3. The number of amides is 1. The van der Waals surface area contributed by atoms with Crippen LogP contribution in [0, 0.1) is 11.6 Å². The molecule has 4 aromatic rings. The minimum atomic E-state index is -1.24. The molecule has 2 atom stereocenters. The zero-order chi connectivity index (χ0) is 24.1. The molecule has 0 radical (unpaired) electrons. The van der Waals surface area contributed by atoms with Gasteiger partial charge in [0, 0.05) is 24.5 Å². The largest absolute Gasteiger partial charge is 0.394 e. The maximum Gasteiger partial charge on any atom is 0.252 e. The molecule has 0 bridgehead atoms. The normalized spacial score (nSPS) is 12.8. The first-order valence-electron chi connectivity index (χ1n) is 10.5. The van der Waals surface area contributed by atoms with Crippen LogP contribution in [0.25, 0.3) is 21.0 Å². The number of aliphatic hydroxyl groups is 2. The fraction of sp³-hybridized carbons (Fsp3) is 0.160. The van der Waals surface area contributed by atoms with Crippen molar-refractivity contribution in [3.05, 3.63) is 95.9 Å². The van der Waals surface area contributed by atoms with E-state index in [9.17, 15) is 23.8 Å². The summed E-state index contributed by atoms with van der Waals surface area (Å²) in [5, 5.41) is 22.7. The Morgan fingerprint density at radius 1 is 1.03 bits per heavy atom. The number of aromatic nitrogens is 2. The summed E-state index contributed by atoms with van der Waals surface area (Å²) in [6, 6.07) is 14.4. The zero-order valence-corrected chi connectivity index (χ0v) is 18.7. The van der Waals surface area contributed by atoms with E-state index in [1.54, 1.807) is 42.7 Å². The van der Waals surface area contributed by atoms with Crippen molar-refractivity contribution >= 4 is 17.2 Å². The quantitative estimate of drug-likeness (QED) is 0.355. The summed E-state index contributed by atoms with van der Waals surface area (Å²) in [6.45, 7) is -0.568. The van der Waals surface area contributed by atoms with Gasteiger partial charge in [-0.2, -0.15) is 0 Å². The molecule has 1 amide bonds. The van der Waals surface area contributed by atoms with Gasteiger partial charge in [0.05, 0.1) is 34.8 Å². The first-order valence-corrected chi connectivity index (χ1v) is 11.3. The van der Waals surface area contributed by atoms with Crippen LogP contribution in [0.2, 0.25) is 0 Å². The van der Waals surface area contributed by atoms with E-state index in [1.807, 2.05) is 0 Å². The second-order valence-corrected chi connectivity index (χ2v) is 8.58. The van der Waals surface area contributed by atoms with Gasteiger partial charge in [-0.05, 0) is 42.0 Å². The Balaban J connectivity index is 1.63. The Morgan fingerprint density at radius 3 is 2.53 bits per heavy atom. The van der Waals surface area contributed by atoms with Gasteiger partial charge in [0.25, 0.3) is 5.91 Å². The van der Waals surface area contributed by atoms with Gasteiger partial charge in [-0.15, -0.1) is 11.3 Å². The number of thiazole rings is 1. The Kier molecular flexibility index (Phi) is 7.36. The van der Waals surface area contributed by atoms with Crippen molar-refractivity contribution in [1.82, 2.24) is 15.3 Å². The number of aliphatic hydroxyl groups excluding tert-OH is 2. The summed E-state index contributed by atoms with van der Waals surface area (Å²) in [7, 11) is 0. The van der Waals surface area contributed by atoms with Gasteiger partial charge in [-0.1, -0.05) is 24.3 Å². The highest BCUT2D eigenvalue weighted by Gasteiger charge is 2.25. The summed E-state index contributed by atoms with van der Waals surface area (Å²) < 4.78 is 28.2. The SMILES string of the molecule is O=C(N[C@H](Cc1ccccn1)[C@H](O)CO)c1cccc(F)c1-c1ncc(-c2ccc(F)cc2)s1. The molecule has 6 nitrogen and oxygen atoms in total. The number of nitrogens with zero attached hydrogens (tertiary/aromatic N) is 2. The molecular formula is C25H21F2N3O3S. The Bertz CT molecular complexity index is 1270. The van der Waals surface area contributed by atoms with E-state index in [2.05, 4.69) is 15.3 Å². The average Bonchev–Trinajstić information content (AvgIpc) is 3.33. The summed E-state index contributed by atoms with van der Waals surface area (Å²) in [6.07, 6.45) is 2.06. The van der Waals surface area contributed by atoms with Crippen LogP contribution in [-0.4, -0.2) is 44.8 Å². The molecule has 2 aromatic heterocycles. The van der Waals surface area contributed by atoms with E-state index in [4.69, 9.17) is 0 Å². The van der Waals surface area contributed by atoms with Crippen LogP contribution in [0.1, 0.15) is 16.1 Å². The van der Waals surface area contributed by atoms with E-state index in [-0.39, 0.29) is 28.4 Å². The zero-order valence-electron chi connectivity index (χ0n) is 17.9. The van der Waals surface area contributed by atoms with E-state index >= 15 is 0 Å². The molecule has 0 saturated carbocycles. The van der Waals surface area contributed by atoms with Gasteiger partial charge in [0.2, 0.25) is 0 Å². The van der Waals surface area contributed by atoms with Crippen LogP contribution in [0.5, 0.6) is 0 Å². The minimum absolute atomic E-state index is 0.0217. The molecular weight excluding hydrogens is 460 g/mol. The smallest absolute Gasteiger partial charge is 0.252 e. The predicted molar refractivity (Wildman–Crippen MR) is 125 cm³/mol. The van der Waals surface area contributed by atoms with Crippen LogP contribution in [0.4, 0.5) is 8.78 Å². The topological polar surface area (TPSA) is 95.3 Å². The number of rotatable bonds is 8. The second-order valence-electron chi connectivity index (χ2n) is 7.55.